The van der Waals surface area contributed by atoms with Crippen LogP contribution in [0.2, 0.25) is 0 Å². The third-order valence-corrected chi connectivity index (χ3v) is 4.69. The average molecular weight is 407 g/mol. The van der Waals surface area contributed by atoms with Gasteiger partial charge in [-0.25, -0.2) is 4.79 Å². The number of oxazole rings is 1. The summed E-state index contributed by atoms with van der Waals surface area (Å²) in [6, 6.07) is 13.3. The lowest BCUT2D eigenvalue weighted by atomic mass is 10.2. The van der Waals surface area contributed by atoms with Crippen molar-refractivity contribution in [1.29, 1.82) is 0 Å². The molecule has 9 nitrogen and oxygen atoms in total. The highest BCUT2D eigenvalue weighted by atomic mass is 16.5. The van der Waals surface area contributed by atoms with Crippen LogP contribution >= 0.6 is 0 Å². The number of carbonyl (C=O) groups is 1. The summed E-state index contributed by atoms with van der Waals surface area (Å²) < 4.78 is 11.7. The molecule has 0 unspecified atom stereocenters. The summed E-state index contributed by atoms with van der Waals surface area (Å²) in [5.41, 5.74) is 4.12. The summed E-state index contributed by atoms with van der Waals surface area (Å²) in [7, 11) is 3.93. The Kier molecular flexibility index (Phi) is 5.09. The van der Waals surface area contributed by atoms with Gasteiger partial charge in [0.1, 0.15) is 0 Å². The van der Waals surface area contributed by atoms with Gasteiger partial charge in [-0.3, -0.25) is 9.36 Å². The number of hydrogen-bond donors (Lipinski definition) is 1. The number of rotatable bonds is 6. The first-order valence-corrected chi connectivity index (χ1v) is 9.38. The van der Waals surface area contributed by atoms with Crippen LogP contribution in [0.3, 0.4) is 0 Å². The van der Waals surface area contributed by atoms with Gasteiger partial charge in [-0.1, -0.05) is 23.4 Å². The molecular formula is C21H21N5O4. The monoisotopic (exact) mass is 407 g/mol. The van der Waals surface area contributed by atoms with E-state index in [4.69, 9.17) is 8.94 Å². The number of carbonyl (C=O) groups excluding carboxylic acids is 1. The largest absolute Gasteiger partial charge is 0.420 e. The zero-order valence-corrected chi connectivity index (χ0v) is 16.9. The SMILES string of the molecule is Cc1ccc2oc(=O)n(Cc3noc(C(=O)NCc4ccc(N(C)C)cc4)n3)c2c1. The topological polar surface area (TPSA) is 106 Å². The molecule has 2 aromatic carbocycles. The zero-order chi connectivity index (χ0) is 21.3. The Morgan fingerprint density at radius 2 is 1.93 bits per heavy atom. The third kappa shape index (κ3) is 3.95. The van der Waals surface area contributed by atoms with Crippen LogP contribution in [0.25, 0.3) is 11.1 Å². The molecule has 0 aliphatic carbocycles. The van der Waals surface area contributed by atoms with Gasteiger partial charge in [0.05, 0.1) is 12.1 Å². The molecule has 154 valence electrons. The van der Waals surface area contributed by atoms with Crippen LogP contribution in [0.1, 0.15) is 27.6 Å². The number of nitrogens with zero attached hydrogens (tertiary/aromatic N) is 4. The summed E-state index contributed by atoms with van der Waals surface area (Å²) in [6.45, 7) is 2.29. The average Bonchev–Trinajstić information content (AvgIpc) is 3.32. The second-order valence-electron chi connectivity index (χ2n) is 7.18. The van der Waals surface area contributed by atoms with E-state index < -0.39 is 11.7 Å². The van der Waals surface area contributed by atoms with Crippen LogP contribution in [0.4, 0.5) is 5.69 Å². The van der Waals surface area contributed by atoms with Crippen molar-refractivity contribution < 1.29 is 13.7 Å². The molecule has 4 aromatic rings. The number of fused-ring (bicyclic) bond motifs is 1. The fraction of sp³-hybridized carbons (Fsp3) is 0.238. The lowest BCUT2D eigenvalue weighted by molar-refractivity contribution is 0.0907. The number of nitrogens with one attached hydrogen (secondary N) is 1. The minimum absolute atomic E-state index is 0.0397. The minimum atomic E-state index is -0.521. The van der Waals surface area contributed by atoms with E-state index in [0.29, 0.717) is 17.6 Å². The lowest BCUT2D eigenvalue weighted by Crippen LogP contribution is -2.23. The summed E-state index contributed by atoms with van der Waals surface area (Å²) in [4.78, 5) is 30.6. The number of aryl methyl sites for hydroxylation is 1. The highest BCUT2D eigenvalue weighted by Gasteiger charge is 2.17. The van der Waals surface area contributed by atoms with Gasteiger partial charge in [0, 0.05) is 26.3 Å². The van der Waals surface area contributed by atoms with Crippen molar-refractivity contribution in [3.8, 4) is 0 Å². The van der Waals surface area contributed by atoms with Gasteiger partial charge in [-0.15, -0.1) is 0 Å². The highest BCUT2D eigenvalue weighted by Crippen LogP contribution is 2.16. The molecule has 9 heteroatoms. The van der Waals surface area contributed by atoms with Gasteiger partial charge in [0.25, 0.3) is 0 Å². The predicted molar refractivity (Wildman–Crippen MR) is 111 cm³/mol. The Hall–Kier alpha value is -3.88. The van der Waals surface area contributed by atoms with E-state index in [1.807, 2.05) is 62.3 Å². The molecule has 2 heterocycles. The smallest absolute Gasteiger partial charge is 0.408 e. The molecule has 4 rings (SSSR count). The van der Waals surface area contributed by atoms with Gasteiger partial charge >= 0.3 is 17.6 Å². The van der Waals surface area contributed by atoms with Crippen molar-refractivity contribution in [3.63, 3.8) is 0 Å². The van der Waals surface area contributed by atoms with Crippen LogP contribution in [-0.4, -0.2) is 34.7 Å². The molecule has 0 saturated carbocycles. The molecule has 0 radical (unpaired) electrons. The molecule has 1 N–H and O–H groups in total. The van der Waals surface area contributed by atoms with Crippen molar-refractivity contribution in [2.45, 2.75) is 20.0 Å². The van der Waals surface area contributed by atoms with Gasteiger partial charge in [0.15, 0.2) is 11.4 Å². The van der Waals surface area contributed by atoms with E-state index in [-0.39, 0.29) is 18.3 Å². The van der Waals surface area contributed by atoms with Gasteiger partial charge in [-0.05, 0) is 42.3 Å². The second kappa shape index (κ2) is 7.86. The molecular weight excluding hydrogens is 386 g/mol. The van der Waals surface area contributed by atoms with E-state index in [0.717, 1.165) is 16.8 Å². The van der Waals surface area contributed by atoms with Crippen molar-refractivity contribution in [3.05, 3.63) is 75.9 Å². The maximum Gasteiger partial charge on any atom is 0.420 e. The number of amides is 1. The number of benzene rings is 2. The third-order valence-electron chi connectivity index (χ3n) is 4.69. The summed E-state index contributed by atoms with van der Waals surface area (Å²) in [6.07, 6.45) is 0. The molecule has 0 spiro atoms. The van der Waals surface area contributed by atoms with Crippen LogP contribution < -0.4 is 16.0 Å². The molecule has 0 saturated heterocycles. The normalized spacial score (nSPS) is 11.0. The molecule has 1 amide bonds. The minimum Gasteiger partial charge on any atom is -0.408 e. The summed E-state index contributed by atoms with van der Waals surface area (Å²) >= 11 is 0. The van der Waals surface area contributed by atoms with E-state index in [1.54, 1.807) is 6.07 Å². The first-order chi connectivity index (χ1) is 14.4. The van der Waals surface area contributed by atoms with E-state index >= 15 is 0 Å². The molecule has 30 heavy (non-hydrogen) atoms. The van der Waals surface area contributed by atoms with Crippen LogP contribution in [0.5, 0.6) is 0 Å². The molecule has 0 aliphatic rings. The summed E-state index contributed by atoms with van der Waals surface area (Å²) in [5, 5.41) is 6.56. The van der Waals surface area contributed by atoms with Crippen LogP contribution in [0.15, 0.2) is 56.2 Å². The first kappa shape index (κ1) is 19.4. The van der Waals surface area contributed by atoms with Gasteiger partial charge in [-0.2, -0.15) is 4.98 Å². The molecule has 2 aromatic heterocycles. The maximum atomic E-state index is 12.3. The standard InChI is InChI=1S/C21H21N5O4/c1-13-4-9-17-16(10-13)26(21(28)29-17)12-18-23-20(30-24-18)19(27)22-11-14-5-7-15(8-6-14)25(2)3/h4-10H,11-12H2,1-3H3,(H,22,27). The Morgan fingerprint density at radius 3 is 2.67 bits per heavy atom. The Balaban J connectivity index is 1.44. The fourth-order valence-electron chi connectivity index (χ4n) is 3.04. The molecule has 0 fully saturated rings. The number of hydrogen-bond acceptors (Lipinski definition) is 7. The van der Waals surface area contributed by atoms with Gasteiger partial charge in [0.2, 0.25) is 0 Å². The Morgan fingerprint density at radius 1 is 1.17 bits per heavy atom. The maximum absolute atomic E-state index is 12.3. The Labute approximate surface area is 171 Å². The van der Waals surface area contributed by atoms with Crippen molar-refractivity contribution in [1.82, 2.24) is 20.0 Å². The second-order valence-corrected chi connectivity index (χ2v) is 7.18. The van der Waals surface area contributed by atoms with Crippen LogP contribution in [0, 0.1) is 6.92 Å². The van der Waals surface area contributed by atoms with Crippen molar-refractivity contribution >= 4 is 22.7 Å². The van der Waals surface area contributed by atoms with Crippen molar-refractivity contribution in [2.24, 2.45) is 0 Å². The number of aromatic nitrogens is 3. The van der Waals surface area contributed by atoms with Crippen LogP contribution in [-0.2, 0) is 13.1 Å². The molecule has 0 bridgehead atoms. The van der Waals surface area contributed by atoms with E-state index in [9.17, 15) is 9.59 Å². The molecule has 0 aliphatic heterocycles. The predicted octanol–water partition coefficient (Wildman–Crippen LogP) is 2.33. The van der Waals surface area contributed by atoms with E-state index in [2.05, 4.69) is 15.5 Å². The number of anilines is 1. The van der Waals surface area contributed by atoms with Crippen molar-refractivity contribution in [2.75, 3.05) is 19.0 Å². The lowest BCUT2D eigenvalue weighted by Gasteiger charge is -2.12. The summed E-state index contributed by atoms with van der Waals surface area (Å²) in [5.74, 6) is -0.952. The van der Waals surface area contributed by atoms with E-state index in [1.165, 1.54) is 4.57 Å². The van der Waals surface area contributed by atoms with Gasteiger partial charge < -0.3 is 19.2 Å². The zero-order valence-electron chi connectivity index (χ0n) is 16.9. The quantitative estimate of drug-likeness (QED) is 0.523. The molecule has 0 atom stereocenters. The Bertz CT molecular complexity index is 1250. The highest BCUT2D eigenvalue weighted by molar-refractivity contribution is 5.89. The first-order valence-electron chi connectivity index (χ1n) is 9.38. The fourth-order valence-corrected chi connectivity index (χ4v) is 3.04.